The Labute approximate surface area is 101 Å². The number of rotatable bonds is 3. The van der Waals surface area contributed by atoms with Crippen LogP contribution in [0.15, 0.2) is 18.2 Å². The number of anilines is 1. The molecule has 4 heteroatoms. The molecule has 0 radical (unpaired) electrons. The van der Waals surface area contributed by atoms with Crippen molar-refractivity contribution in [1.82, 2.24) is 5.32 Å². The summed E-state index contributed by atoms with van der Waals surface area (Å²) in [5, 5.41) is 3.41. The molecule has 1 aromatic carbocycles. The van der Waals surface area contributed by atoms with E-state index in [1.54, 1.807) is 12.1 Å². The van der Waals surface area contributed by atoms with Gasteiger partial charge in [-0.3, -0.25) is 0 Å². The largest absolute Gasteiger partial charge is 0.399 e. The molecular formula is C13H19FN2O. The Morgan fingerprint density at radius 1 is 1.41 bits per heavy atom. The Morgan fingerprint density at radius 3 is 2.76 bits per heavy atom. The number of ether oxygens (including phenoxy) is 1. The summed E-state index contributed by atoms with van der Waals surface area (Å²) in [6, 6.07) is 4.83. The molecule has 1 aliphatic heterocycles. The van der Waals surface area contributed by atoms with E-state index in [2.05, 4.69) is 12.2 Å². The first kappa shape index (κ1) is 12.3. The number of nitrogens with one attached hydrogen (secondary N) is 1. The van der Waals surface area contributed by atoms with Crippen molar-refractivity contribution >= 4 is 5.69 Å². The lowest BCUT2D eigenvalue weighted by atomic mass is 9.92. The Kier molecular flexibility index (Phi) is 3.64. The molecule has 1 heterocycles. The van der Waals surface area contributed by atoms with E-state index in [9.17, 15) is 4.39 Å². The molecule has 2 rings (SSSR count). The number of nitrogens with two attached hydrogens (primary N) is 1. The van der Waals surface area contributed by atoms with Crippen LogP contribution in [0.1, 0.15) is 25.3 Å². The molecular weight excluding hydrogens is 219 g/mol. The summed E-state index contributed by atoms with van der Waals surface area (Å²) in [5.74, 6) is -0.242. The third-order valence-electron chi connectivity index (χ3n) is 3.38. The summed E-state index contributed by atoms with van der Waals surface area (Å²) in [6.07, 6.45) is 1.92. The average Bonchev–Trinajstić information content (AvgIpc) is 2.29. The standard InChI is InChI=1S/C13H19FN2O/c1-13(4-6-17-7-5-13)16-9-10-2-3-11(15)8-12(10)14/h2-3,8,16H,4-7,9,15H2,1H3. The van der Waals surface area contributed by atoms with Gasteiger partial charge in [0.05, 0.1) is 0 Å². The summed E-state index contributed by atoms with van der Waals surface area (Å²) in [7, 11) is 0. The Balaban J connectivity index is 1.97. The number of hydrogen-bond donors (Lipinski definition) is 2. The summed E-state index contributed by atoms with van der Waals surface area (Å²) in [6.45, 7) is 4.23. The maximum absolute atomic E-state index is 13.6. The second-order valence-corrected chi connectivity index (χ2v) is 4.88. The van der Waals surface area contributed by atoms with Gasteiger partial charge in [0.1, 0.15) is 5.82 Å². The van der Waals surface area contributed by atoms with Crippen molar-refractivity contribution in [3.8, 4) is 0 Å². The fraction of sp³-hybridized carbons (Fsp3) is 0.538. The van der Waals surface area contributed by atoms with Crippen LogP contribution in [0.4, 0.5) is 10.1 Å². The zero-order chi connectivity index (χ0) is 12.3. The van der Waals surface area contributed by atoms with E-state index in [1.807, 2.05) is 0 Å². The van der Waals surface area contributed by atoms with Crippen LogP contribution < -0.4 is 11.1 Å². The quantitative estimate of drug-likeness (QED) is 0.792. The first-order chi connectivity index (χ1) is 8.09. The summed E-state index contributed by atoms with van der Waals surface area (Å²) < 4.78 is 18.9. The lowest BCUT2D eigenvalue weighted by molar-refractivity contribution is 0.0445. The van der Waals surface area contributed by atoms with E-state index in [0.717, 1.165) is 26.1 Å². The molecule has 1 aliphatic rings. The van der Waals surface area contributed by atoms with Crippen molar-refractivity contribution in [1.29, 1.82) is 0 Å². The van der Waals surface area contributed by atoms with Crippen molar-refractivity contribution < 1.29 is 9.13 Å². The molecule has 0 amide bonds. The second-order valence-electron chi connectivity index (χ2n) is 4.88. The number of nitrogen functional groups attached to an aromatic ring is 1. The first-order valence-corrected chi connectivity index (χ1v) is 5.96. The molecule has 0 aromatic heterocycles. The van der Waals surface area contributed by atoms with Gasteiger partial charge < -0.3 is 15.8 Å². The van der Waals surface area contributed by atoms with E-state index in [-0.39, 0.29) is 11.4 Å². The summed E-state index contributed by atoms with van der Waals surface area (Å²) in [4.78, 5) is 0. The van der Waals surface area contributed by atoms with E-state index in [1.165, 1.54) is 6.07 Å². The molecule has 94 valence electrons. The molecule has 0 unspecified atom stereocenters. The van der Waals surface area contributed by atoms with E-state index >= 15 is 0 Å². The van der Waals surface area contributed by atoms with Crippen molar-refractivity contribution in [2.75, 3.05) is 18.9 Å². The van der Waals surface area contributed by atoms with Gasteiger partial charge in [-0.1, -0.05) is 6.07 Å². The zero-order valence-electron chi connectivity index (χ0n) is 10.1. The molecule has 17 heavy (non-hydrogen) atoms. The summed E-state index contributed by atoms with van der Waals surface area (Å²) in [5.41, 5.74) is 6.68. The maximum Gasteiger partial charge on any atom is 0.129 e. The molecule has 3 N–H and O–H groups in total. The molecule has 1 fully saturated rings. The smallest absolute Gasteiger partial charge is 0.129 e. The number of benzene rings is 1. The van der Waals surface area contributed by atoms with E-state index in [4.69, 9.17) is 10.5 Å². The van der Waals surface area contributed by atoms with E-state index in [0.29, 0.717) is 17.8 Å². The van der Waals surface area contributed by atoms with Gasteiger partial charge in [-0.15, -0.1) is 0 Å². The van der Waals surface area contributed by atoms with Crippen molar-refractivity contribution in [2.24, 2.45) is 0 Å². The van der Waals surface area contributed by atoms with Crippen molar-refractivity contribution in [2.45, 2.75) is 31.8 Å². The van der Waals surface area contributed by atoms with Crippen LogP contribution in [-0.2, 0) is 11.3 Å². The normalized spacial score (nSPS) is 19.2. The minimum atomic E-state index is -0.242. The van der Waals surface area contributed by atoms with Crippen LogP contribution in [0, 0.1) is 5.82 Å². The summed E-state index contributed by atoms with van der Waals surface area (Å²) >= 11 is 0. The van der Waals surface area contributed by atoms with Crippen LogP contribution in [0.2, 0.25) is 0 Å². The minimum Gasteiger partial charge on any atom is -0.399 e. The van der Waals surface area contributed by atoms with Gasteiger partial charge >= 0.3 is 0 Å². The predicted octanol–water partition coefficient (Wildman–Crippen LogP) is 2.07. The number of halogens is 1. The molecule has 1 aromatic rings. The fourth-order valence-electron chi connectivity index (χ4n) is 2.01. The maximum atomic E-state index is 13.6. The molecule has 3 nitrogen and oxygen atoms in total. The third-order valence-corrected chi connectivity index (χ3v) is 3.38. The highest BCUT2D eigenvalue weighted by molar-refractivity contribution is 5.40. The van der Waals surface area contributed by atoms with Crippen LogP contribution in [0.25, 0.3) is 0 Å². The topological polar surface area (TPSA) is 47.3 Å². The Bertz CT molecular complexity index is 389. The zero-order valence-corrected chi connectivity index (χ0v) is 10.1. The lowest BCUT2D eigenvalue weighted by Crippen LogP contribution is -2.46. The molecule has 0 spiro atoms. The van der Waals surface area contributed by atoms with E-state index < -0.39 is 0 Å². The molecule has 1 saturated heterocycles. The highest BCUT2D eigenvalue weighted by atomic mass is 19.1. The van der Waals surface area contributed by atoms with Gasteiger partial charge in [0.2, 0.25) is 0 Å². The van der Waals surface area contributed by atoms with Crippen LogP contribution in [-0.4, -0.2) is 18.8 Å². The van der Waals surface area contributed by atoms with Crippen LogP contribution >= 0.6 is 0 Å². The van der Waals surface area contributed by atoms with Gasteiger partial charge in [-0.2, -0.15) is 0 Å². The SMILES string of the molecule is CC1(NCc2ccc(N)cc2F)CCOCC1. The highest BCUT2D eigenvalue weighted by Gasteiger charge is 2.26. The predicted molar refractivity (Wildman–Crippen MR) is 66.1 cm³/mol. The highest BCUT2D eigenvalue weighted by Crippen LogP contribution is 2.21. The Hall–Kier alpha value is -1.13. The van der Waals surface area contributed by atoms with Crippen LogP contribution in [0.3, 0.4) is 0 Å². The average molecular weight is 238 g/mol. The molecule has 0 aliphatic carbocycles. The molecule has 0 saturated carbocycles. The second kappa shape index (κ2) is 5.02. The van der Waals surface area contributed by atoms with Gasteiger partial charge in [-0.25, -0.2) is 4.39 Å². The van der Waals surface area contributed by atoms with Gasteiger partial charge in [0, 0.05) is 36.5 Å². The van der Waals surface area contributed by atoms with Crippen molar-refractivity contribution in [3.05, 3.63) is 29.6 Å². The van der Waals surface area contributed by atoms with Crippen molar-refractivity contribution in [3.63, 3.8) is 0 Å². The lowest BCUT2D eigenvalue weighted by Gasteiger charge is -2.34. The molecule has 0 atom stereocenters. The third kappa shape index (κ3) is 3.17. The van der Waals surface area contributed by atoms with Gasteiger partial charge in [0.25, 0.3) is 0 Å². The van der Waals surface area contributed by atoms with Gasteiger partial charge in [-0.05, 0) is 31.9 Å². The first-order valence-electron chi connectivity index (χ1n) is 5.96. The number of hydrogen-bond acceptors (Lipinski definition) is 3. The minimum absolute atomic E-state index is 0.0477. The Morgan fingerprint density at radius 2 is 2.12 bits per heavy atom. The van der Waals surface area contributed by atoms with Crippen LogP contribution in [0.5, 0.6) is 0 Å². The fourth-order valence-corrected chi connectivity index (χ4v) is 2.01. The monoisotopic (exact) mass is 238 g/mol. The molecule has 0 bridgehead atoms. The van der Waals surface area contributed by atoms with Gasteiger partial charge in [0.15, 0.2) is 0 Å².